The molecule has 0 spiro atoms. The molecule has 1 aliphatic rings. The van der Waals surface area contributed by atoms with E-state index in [1.807, 2.05) is 0 Å². The molecular formula is C13H19N3O3. The maximum absolute atomic E-state index is 10.8. The van der Waals surface area contributed by atoms with E-state index in [0.717, 1.165) is 12.8 Å². The van der Waals surface area contributed by atoms with Gasteiger partial charge in [0.15, 0.2) is 0 Å². The number of aliphatic carboxylic acids is 1. The SMILES string of the molecule is C[C@@H](Nc1cncc(OC2CCCCC2)n1)C(=O)O. The van der Waals surface area contributed by atoms with E-state index in [-0.39, 0.29) is 6.10 Å². The highest BCUT2D eigenvalue weighted by atomic mass is 16.5. The fraction of sp³-hybridized carbons (Fsp3) is 0.615. The molecule has 1 saturated carbocycles. The summed E-state index contributed by atoms with van der Waals surface area (Å²) in [5.41, 5.74) is 0. The molecule has 6 heteroatoms. The predicted molar refractivity (Wildman–Crippen MR) is 70.3 cm³/mol. The fourth-order valence-corrected chi connectivity index (χ4v) is 2.11. The number of nitrogens with zero attached hydrogens (tertiary/aromatic N) is 2. The average Bonchev–Trinajstić information content (AvgIpc) is 2.40. The maximum atomic E-state index is 10.8. The Hall–Kier alpha value is -1.85. The van der Waals surface area contributed by atoms with Gasteiger partial charge in [-0.2, -0.15) is 4.98 Å². The van der Waals surface area contributed by atoms with Gasteiger partial charge in [0.05, 0.1) is 12.4 Å². The molecule has 0 aromatic carbocycles. The third-order valence-corrected chi connectivity index (χ3v) is 3.19. The van der Waals surface area contributed by atoms with Gasteiger partial charge in [-0.05, 0) is 32.6 Å². The van der Waals surface area contributed by atoms with Gasteiger partial charge < -0.3 is 15.2 Å². The topological polar surface area (TPSA) is 84.3 Å². The maximum Gasteiger partial charge on any atom is 0.325 e. The number of carboxylic acids is 1. The van der Waals surface area contributed by atoms with Crippen LogP contribution in [-0.4, -0.2) is 33.2 Å². The Morgan fingerprint density at radius 2 is 2.16 bits per heavy atom. The summed E-state index contributed by atoms with van der Waals surface area (Å²) in [6.45, 7) is 1.55. The zero-order chi connectivity index (χ0) is 13.7. The Morgan fingerprint density at radius 3 is 2.84 bits per heavy atom. The van der Waals surface area contributed by atoms with Crippen molar-refractivity contribution in [2.45, 2.75) is 51.2 Å². The van der Waals surface area contributed by atoms with Crippen LogP contribution < -0.4 is 10.1 Å². The van der Waals surface area contributed by atoms with Gasteiger partial charge in [-0.1, -0.05) is 6.42 Å². The van der Waals surface area contributed by atoms with Gasteiger partial charge in [0.1, 0.15) is 18.0 Å². The summed E-state index contributed by atoms with van der Waals surface area (Å²) in [5, 5.41) is 11.6. The van der Waals surface area contributed by atoms with Crippen LogP contribution in [0.5, 0.6) is 5.88 Å². The Balaban J connectivity index is 1.96. The van der Waals surface area contributed by atoms with Crippen molar-refractivity contribution < 1.29 is 14.6 Å². The first-order valence-corrected chi connectivity index (χ1v) is 6.63. The molecule has 1 aliphatic carbocycles. The lowest BCUT2D eigenvalue weighted by atomic mass is 9.98. The molecule has 0 saturated heterocycles. The van der Waals surface area contributed by atoms with E-state index < -0.39 is 12.0 Å². The Morgan fingerprint density at radius 1 is 1.42 bits per heavy atom. The summed E-state index contributed by atoms with van der Waals surface area (Å²) < 4.78 is 5.78. The van der Waals surface area contributed by atoms with Crippen molar-refractivity contribution in [1.29, 1.82) is 0 Å². The van der Waals surface area contributed by atoms with Crippen LogP contribution in [0.25, 0.3) is 0 Å². The average molecular weight is 265 g/mol. The summed E-state index contributed by atoms with van der Waals surface area (Å²) >= 11 is 0. The van der Waals surface area contributed by atoms with Gasteiger partial charge in [-0.25, -0.2) is 0 Å². The fourth-order valence-electron chi connectivity index (χ4n) is 2.11. The summed E-state index contributed by atoms with van der Waals surface area (Å²) in [7, 11) is 0. The molecule has 1 aromatic rings. The minimum absolute atomic E-state index is 0.204. The summed E-state index contributed by atoms with van der Waals surface area (Å²) in [6, 6.07) is -0.709. The van der Waals surface area contributed by atoms with E-state index in [1.54, 1.807) is 13.1 Å². The molecule has 6 nitrogen and oxygen atoms in total. The smallest absolute Gasteiger partial charge is 0.325 e. The van der Waals surface area contributed by atoms with Gasteiger partial charge >= 0.3 is 5.97 Å². The molecule has 1 atom stereocenters. The van der Waals surface area contributed by atoms with E-state index in [4.69, 9.17) is 9.84 Å². The molecule has 104 valence electrons. The van der Waals surface area contributed by atoms with Gasteiger partial charge in [0.2, 0.25) is 5.88 Å². The third-order valence-electron chi connectivity index (χ3n) is 3.19. The number of aromatic nitrogens is 2. The molecule has 1 heterocycles. The molecule has 19 heavy (non-hydrogen) atoms. The number of carboxylic acid groups (broad SMARTS) is 1. The van der Waals surface area contributed by atoms with Crippen molar-refractivity contribution in [1.82, 2.24) is 9.97 Å². The van der Waals surface area contributed by atoms with Crippen LogP contribution in [0.3, 0.4) is 0 Å². The largest absolute Gasteiger partial charge is 0.480 e. The third kappa shape index (κ3) is 4.08. The Bertz CT molecular complexity index is 433. The van der Waals surface area contributed by atoms with Crippen molar-refractivity contribution >= 4 is 11.8 Å². The zero-order valence-corrected chi connectivity index (χ0v) is 11.0. The summed E-state index contributed by atoms with van der Waals surface area (Å²) in [4.78, 5) is 19.0. The van der Waals surface area contributed by atoms with Crippen LogP contribution in [0.2, 0.25) is 0 Å². The number of hydrogen-bond acceptors (Lipinski definition) is 5. The van der Waals surface area contributed by atoms with Gasteiger partial charge in [0, 0.05) is 0 Å². The highest BCUT2D eigenvalue weighted by Crippen LogP contribution is 2.22. The standard InChI is InChI=1S/C13H19N3O3/c1-9(13(17)18)15-11-7-14-8-12(16-11)19-10-5-3-2-4-6-10/h7-10H,2-6H2,1H3,(H,15,16)(H,17,18)/t9-/m1/s1. The number of hydrogen-bond donors (Lipinski definition) is 2. The minimum atomic E-state index is -0.930. The van der Waals surface area contributed by atoms with E-state index in [9.17, 15) is 4.79 Å². The lowest BCUT2D eigenvalue weighted by molar-refractivity contribution is -0.137. The highest BCUT2D eigenvalue weighted by Gasteiger charge is 2.16. The second-order valence-electron chi connectivity index (χ2n) is 4.82. The zero-order valence-electron chi connectivity index (χ0n) is 11.0. The van der Waals surface area contributed by atoms with Crippen LogP contribution in [0.1, 0.15) is 39.0 Å². The van der Waals surface area contributed by atoms with E-state index >= 15 is 0 Å². The van der Waals surface area contributed by atoms with E-state index in [2.05, 4.69) is 15.3 Å². The highest BCUT2D eigenvalue weighted by molar-refractivity contribution is 5.76. The van der Waals surface area contributed by atoms with Gasteiger partial charge in [-0.3, -0.25) is 9.78 Å². The predicted octanol–water partition coefficient (Wildman–Crippen LogP) is 2.07. The van der Waals surface area contributed by atoms with Crippen LogP contribution in [-0.2, 0) is 4.79 Å². The van der Waals surface area contributed by atoms with E-state index in [1.165, 1.54) is 25.5 Å². The number of nitrogens with one attached hydrogen (secondary N) is 1. The Kier molecular flexibility index (Phi) is 4.54. The molecule has 0 radical (unpaired) electrons. The summed E-state index contributed by atoms with van der Waals surface area (Å²) in [5.74, 6) is -0.0573. The quantitative estimate of drug-likeness (QED) is 0.847. The molecule has 2 N–H and O–H groups in total. The molecule has 0 unspecified atom stereocenters. The van der Waals surface area contributed by atoms with Crippen molar-refractivity contribution in [3.63, 3.8) is 0 Å². The molecular weight excluding hydrogens is 246 g/mol. The minimum Gasteiger partial charge on any atom is -0.480 e. The van der Waals surface area contributed by atoms with Crippen LogP contribution in [0.4, 0.5) is 5.82 Å². The first-order chi connectivity index (χ1) is 9.15. The first-order valence-electron chi connectivity index (χ1n) is 6.63. The van der Waals surface area contributed by atoms with Gasteiger partial charge in [-0.15, -0.1) is 0 Å². The van der Waals surface area contributed by atoms with Crippen molar-refractivity contribution in [2.75, 3.05) is 5.32 Å². The second-order valence-corrected chi connectivity index (χ2v) is 4.82. The monoisotopic (exact) mass is 265 g/mol. The molecule has 0 amide bonds. The second kappa shape index (κ2) is 6.36. The number of carbonyl (C=O) groups is 1. The van der Waals surface area contributed by atoms with Crippen LogP contribution in [0.15, 0.2) is 12.4 Å². The Labute approximate surface area is 112 Å². The van der Waals surface area contributed by atoms with Crippen LogP contribution >= 0.6 is 0 Å². The van der Waals surface area contributed by atoms with Crippen LogP contribution in [0, 0.1) is 0 Å². The lowest BCUT2D eigenvalue weighted by Crippen LogP contribution is -2.26. The molecule has 0 bridgehead atoms. The lowest BCUT2D eigenvalue weighted by Gasteiger charge is -2.22. The normalized spacial score (nSPS) is 17.7. The number of ether oxygens (including phenoxy) is 1. The number of anilines is 1. The van der Waals surface area contributed by atoms with Crippen molar-refractivity contribution in [2.24, 2.45) is 0 Å². The van der Waals surface area contributed by atoms with Crippen molar-refractivity contribution in [3.05, 3.63) is 12.4 Å². The summed E-state index contributed by atoms with van der Waals surface area (Å²) in [6.07, 6.45) is 8.99. The van der Waals surface area contributed by atoms with Crippen molar-refractivity contribution in [3.8, 4) is 5.88 Å². The molecule has 1 fully saturated rings. The molecule has 1 aromatic heterocycles. The van der Waals surface area contributed by atoms with E-state index in [0.29, 0.717) is 11.7 Å². The number of rotatable bonds is 5. The molecule has 0 aliphatic heterocycles. The first kappa shape index (κ1) is 13.6. The molecule has 2 rings (SSSR count). The van der Waals surface area contributed by atoms with Gasteiger partial charge in [0.25, 0.3) is 0 Å².